The number of ether oxygens (including phenoxy) is 1. The van der Waals surface area contributed by atoms with Crippen LogP contribution in [-0.2, 0) is 21.2 Å². The van der Waals surface area contributed by atoms with Gasteiger partial charge in [-0.05, 0) is 48.7 Å². The Bertz CT molecular complexity index is 817. The fraction of sp³-hybridized carbons (Fsp3) is 0.278. The molecule has 7 heteroatoms. The van der Waals surface area contributed by atoms with Crippen LogP contribution in [0, 0.1) is 6.92 Å². The number of hydrogen-bond donors (Lipinski definition) is 2. The van der Waals surface area contributed by atoms with Crippen LogP contribution in [0.15, 0.2) is 53.4 Å². The molecular weight excluding hydrogens is 340 g/mol. The van der Waals surface area contributed by atoms with Gasteiger partial charge in [0.15, 0.2) is 0 Å². The van der Waals surface area contributed by atoms with Crippen molar-refractivity contribution in [1.29, 1.82) is 0 Å². The third kappa shape index (κ3) is 6.56. The largest absolute Gasteiger partial charge is 0.493 e. The number of nitrogens with one attached hydrogen (secondary N) is 1. The summed E-state index contributed by atoms with van der Waals surface area (Å²) in [6.07, 6.45) is 0.883. The SMILES string of the molecule is Cc1cccc(OCCC(=O)NCCc2ccc(S(N)(=O)=O)cc2)c1. The highest BCUT2D eigenvalue weighted by atomic mass is 32.2. The lowest BCUT2D eigenvalue weighted by atomic mass is 10.1. The Morgan fingerprint density at radius 1 is 1.16 bits per heavy atom. The molecule has 1 amide bonds. The van der Waals surface area contributed by atoms with Gasteiger partial charge in [-0.2, -0.15) is 0 Å². The van der Waals surface area contributed by atoms with E-state index in [1.54, 1.807) is 12.1 Å². The van der Waals surface area contributed by atoms with Gasteiger partial charge in [0, 0.05) is 6.54 Å². The molecule has 134 valence electrons. The molecule has 0 unspecified atom stereocenters. The van der Waals surface area contributed by atoms with Crippen molar-refractivity contribution in [2.45, 2.75) is 24.7 Å². The van der Waals surface area contributed by atoms with Crippen LogP contribution < -0.4 is 15.2 Å². The van der Waals surface area contributed by atoms with Crippen LogP contribution in [0.4, 0.5) is 0 Å². The third-order valence-electron chi connectivity index (χ3n) is 3.58. The maximum atomic E-state index is 11.8. The van der Waals surface area contributed by atoms with Crippen LogP contribution in [0.3, 0.4) is 0 Å². The molecule has 0 bridgehead atoms. The zero-order valence-electron chi connectivity index (χ0n) is 14.1. The molecule has 2 aromatic carbocycles. The van der Waals surface area contributed by atoms with Crippen LogP contribution in [0.2, 0.25) is 0 Å². The topological polar surface area (TPSA) is 98.5 Å². The molecule has 0 atom stereocenters. The zero-order valence-corrected chi connectivity index (χ0v) is 14.9. The van der Waals surface area contributed by atoms with E-state index in [1.165, 1.54) is 12.1 Å². The minimum absolute atomic E-state index is 0.0774. The number of rotatable bonds is 8. The fourth-order valence-electron chi connectivity index (χ4n) is 2.25. The summed E-state index contributed by atoms with van der Waals surface area (Å²) in [5.41, 5.74) is 2.03. The molecule has 0 aliphatic heterocycles. The highest BCUT2D eigenvalue weighted by Crippen LogP contribution is 2.12. The molecule has 3 N–H and O–H groups in total. The molecule has 0 saturated carbocycles. The number of carbonyl (C=O) groups is 1. The van der Waals surface area contributed by atoms with Gasteiger partial charge in [0.1, 0.15) is 5.75 Å². The first-order valence-electron chi connectivity index (χ1n) is 7.92. The number of carbonyl (C=O) groups excluding carboxylic acids is 1. The molecule has 0 spiro atoms. The van der Waals surface area contributed by atoms with Crippen LogP contribution in [-0.4, -0.2) is 27.5 Å². The Balaban J connectivity index is 1.68. The van der Waals surface area contributed by atoms with E-state index < -0.39 is 10.0 Å². The Labute approximate surface area is 148 Å². The summed E-state index contributed by atoms with van der Waals surface area (Å²) >= 11 is 0. The van der Waals surface area contributed by atoms with Gasteiger partial charge in [-0.15, -0.1) is 0 Å². The van der Waals surface area contributed by atoms with Crippen molar-refractivity contribution >= 4 is 15.9 Å². The minimum Gasteiger partial charge on any atom is -0.493 e. The molecule has 0 aliphatic rings. The van der Waals surface area contributed by atoms with Crippen molar-refractivity contribution in [3.63, 3.8) is 0 Å². The third-order valence-corrected chi connectivity index (χ3v) is 4.50. The average Bonchev–Trinajstić information content (AvgIpc) is 2.54. The first kappa shape index (κ1) is 19.0. The molecule has 6 nitrogen and oxygen atoms in total. The molecule has 0 aromatic heterocycles. The van der Waals surface area contributed by atoms with E-state index in [-0.39, 0.29) is 17.2 Å². The standard InChI is InChI=1S/C18H22N2O4S/c1-14-3-2-4-16(13-14)24-12-10-18(21)20-11-9-15-5-7-17(8-6-15)25(19,22)23/h2-8,13H,9-12H2,1H3,(H,20,21)(H2,19,22,23). The second kappa shape index (κ2) is 8.64. The van der Waals surface area contributed by atoms with E-state index >= 15 is 0 Å². The smallest absolute Gasteiger partial charge is 0.238 e. The van der Waals surface area contributed by atoms with Gasteiger partial charge in [0.2, 0.25) is 15.9 Å². The van der Waals surface area contributed by atoms with Gasteiger partial charge in [0.05, 0.1) is 17.9 Å². The summed E-state index contributed by atoms with van der Waals surface area (Å²) < 4.78 is 27.9. The van der Waals surface area contributed by atoms with Crippen LogP contribution in [0.25, 0.3) is 0 Å². The first-order valence-corrected chi connectivity index (χ1v) is 9.47. The molecule has 25 heavy (non-hydrogen) atoms. The van der Waals surface area contributed by atoms with Crippen molar-refractivity contribution in [3.05, 3.63) is 59.7 Å². The number of nitrogens with two attached hydrogens (primary N) is 1. The highest BCUT2D eigenvalue weighted by Gasteiger charge is 2.07. The van der Waals surface area contributed by atoms with Crippen molar-refractivity contribution in [3.8, 4) is 5.75 Å². The second-order valence-electron chi connectivity index (χ2n) is 5.70. The molecular formula is C18H22N2O4S. The number of aryl methyl sites for hydroxylation is 1. The van der Waals surface area contributed by atoms with Gasteiger partial charge >= 0.3 is 0 Å². The first-order chi connectivity index (χ1) is 11.8. The van der Waals surface area contributed by atoms with E-state index in [4.69, 9.17) is 9.88 Å². The van der Waals surface area contributed by atoms with Crippen molar-refractivity contribution in [2.75, 3.05) is 13.2 Å². The predicted molar refractivity (Wildman–Crippen MR) is 95.8 cm³/mol. The lowest BCUT2D eigenvalue weighted by molar-refractivity contribution is -0.121. The maximum Gasteiger partial charge on any atom is 0.238 e. The van der Waals surface area contributed by atoms with Gasteiger partial charge in [-0.25, -0.2) is 13.6 Å². The van der Waals surface area contributed by atoms with E-state index in [0.29, 0.717) is 19.6 Å². The summed E-state index contributed by atoms with van der Waals surface area (Å²) in [6, 6.07) is 14.0. The molecule has 2 rings (SSSR count). The Hall–Kier alpha value is -2.38. The number of sulfonamides is 1. The maximum absolute atomic E-state index is 11.8. The number of amides is 1. The minimum atomic E-state index is -3.67. The van der Waals surface area contributed by atoms with Crippen molar-refractivity contribution in [2.24, 2.45) is 5.14 Å². The van der Waals surface area contributed by atoms with Gasteiger partial charge in [-0.1, -0.05) is 24.3 Å². The average molecular weight is 362 g/mol. The molecule has 0 fully saturated rings. The molecule has 2 aromatic rings. The van der Waals surface area contributed by atoms with Gasteiger partial charge in [-0.3, -0.25) is 4.79 Å². The fourth-order valence-corrected chi connectivity index (χ4v) is 2.76. The number of benzene rings is 2. The Morgan fingerprint density at radius 3 is 2.52 bits per heavy atom. The summed E-state index contributed by atoms with van der Waals surface area (Å²) in [5.74, 6) is 0.663. The van der Waals surface area contributed by atoms with E-state index in [0.717, 1.165) is 16.9 Å². The zero-order chi connectivity index (χ0) is 18.3. The van der Waals surface area contributed by atoms with E-state index in [2.05, 4.69) is 5.32 Å². The number of hydrogen-bond acceptors (Lipinski definition) is 4. The van der Waals surface area contributed by atoms with Crippen LogP contribution >= 0.6 is 0 Å². The Morgan fingerprint density at radius 2 is 1.88 bits per heavy atom. The monoisotopic (exact) mass is 362 g/mol. The predicted octanol–water partition coefficient (Wildman–Crippen LogP) is 1.77. The second-order valence-corrected chi connectivity index (χ2v) is 7.27. The molecule has 0 saturated heterocycles. The van der Waals surface area contributed by atoms with Crippen molar-refractivity contribution < 1.29 is 17.9 Å². The van der Waals surface area contributed by atoms with E-state index in [1.807, 2.05) is 31.2 Å². The van der Waals surface area contributed by atoms with Crippen molar-refractivity contribution in [1.82, 2.24) is 5.32 Å². The van der Waals surface area contributed by atoms with Gasteiger partial charge < -0.3 is 10.1 Å². The molecule has 0 heterocycles. The quantitative estimate of drug-likeness (QED) is 0.748. The summed E-state index contributed by atoms with van der Waals surface area (Å²) in [7, 11) is -3.67. The summed E-state index contributed by atoms with van der Waals surface area (Å²) in [4.78, 5) is 11.9. The highest BCUT2D eigenvalue weighted by molar-refractivity contribution is 7.89. The van der Waals surface area contributed by atoms with Gasteiger partial charge in [0.25, 0.3) is 0 Å². The summed E-state index contributed by atoms with van der Waals surface area (Å²) in [6.45, 7) is 2.77. The molecule has 0 aliphatic carbocycles. The normalized spacial score (nSPS) is 11.1. The lowest BCUT2D eigenvalue weighted by Crippen LogP contribution is -2.27. The Kier molecular flexibility index (Phi) is 6.55. The lowest BCUT2D eigenvalue weighted by Gasteiger charge is -2.08. The van der Waals surface area contributed by atoms with Crippen LogP contribution in [0.5, 0.6) is 5.75 Å². The number of primary sulfonamides is 1. The van der Waals surface area contributed by atoms with Crippen LogP contribution in [0.1, 0.15) is 17.5 Å². The molecule has 0 radical (unpaired) electrons. The van der Waals surface area contributed by atoms with E-state index in [9.17, 15) is 13.2 Å². The summed E-state index contributed by atoms with van der Waals surface area (Å²) in [5, 5.41) is 7.86.